The van der Waals surface area contributed by atoms with Gasteiger partial charge in [0.05, 0.1) is 28.2 Å². The van der Waals surface area contributed by atoms with Crippen LogP contribution in [0.3, 0.4) is 0 Å². The monoisotopic (exact) mass is 611 g/mol. The van der Waals surface area contributed by atoms with Crippen LogP contribution in [-0.2, 0) is 36.6 Å². The van der Waals surface area contributed by atoms with E-state index < -0.39 is 26.7 Å². The molecule has 0 aliphatic heterocycles. The molecular formula is C21H18CuN5O9S2. The Balaban J connectivity index is 0.00000507. The van der Waals surface area contributed by atoms with E-state index in [2.05, 4.69) is 35.4 Å². The van der Waals surface area contributed by atoms with Gasteiger partial charge in [0.15, 0.2) is 5.84 Å². The Morgan fingerprint density at radius 1 is 1.11 bits per heavy atom. The molecule has 0 spiro atoms. The number of nitrogens with one attached hydrogen (secondary N) is 1. The third kappa shape index (κ3) is 7.98. The van der Waals surface area contributed by atoms with Crippen LogP contribution in [0.5, 0.6) is 5.75 Å². The molecule has 0 saturated heterocycles. The Hall–Kier alpha value is -3.54. The predicted molar refractivity (Wildman–Crippen MR) is 132 cm³/mol. The second-order valence-corrected chi connectivity index (χ2v) is 9.06. The average molecular weight is 612 g/mol. The molecule has 0 radical (unpaired) electrons. The third-order valence-electron chi connectivity index (χ3n) is 4.53. The topological polar surface area (TPSA) is 214 Å². The zero-order chi connectivity index (χ0) is 27.0. The van der Waals surface area contributed by atoms with Crippen molar-refractivity contribution in [3.8, 4) is 5.75 Å². The SMILES string of the molecule is CNc1cc(S(=O)(=O)O)cc([N-]/N=C(\N=Nc2cc(SOOO)ccc2C(=O)O)c2ccccc2)c1O.[Cu+]. The van der Waals surface area contributed by atoms with Crippen molar-refractivity contribution in [1.29, 1.82) is 0 Å². The molecule has 3 rings (SSSR count). The van der Waals surface area contributed by atoms with Crippen LogP contribution in [0.25, 0.3) is 5.43 Å². The van der Waals surface area contributed by atoms with Crippen molar-refractivity contribution in [2.75, 3.05) is 12.4 Å². The number of rotatable bonds is 10. The summed E-state index contributed by atoms with van der Waals surface area (Å²) in [5, 5.41) is 46.3. The fourth-order valence-corrected chi connectivity index (χ4v) is 3.74. The van der Waals surface area contributed by atoms with Gasteiger partial charge in [0.25, 0.3) is 10.1 Å². The molecule has 3 aromatic rings. The first-order chi connectivity index (χ1) is 17.6. The summed E-state index contributed by atoms with van der Waals surface area (Å²) in [6, 6.07) is 14.1. The van der Waals surface area contributed by atoms with Crippen molar-refractivity contribution in [2.24, 2.45) is 15.3 Å². The molecule has 0 atom stereocenters. The van der Waals surface area contributed by atoms with E-state index in [0.717, 1.165) is 12.1 Å². The third-order valence-corrected chi connectivity index (χ3v) is 5.93. The van der Waals surface area contributed by atoms with Gasteiger partial charge in [0.2, 0.25) is 0 Å². The summed E-state index contributed by atoms with van der Waals surface area (Å²) in [7, 11) is -3.21. The van der Waals surface area contributed by atoms with Crippen molar-refractivity contribution in [3.05, 3.63) is 77.2 Å². The Bertz CT molecular complexity index is 1450. The summed E-state index contributed by atoms with van der Waals surface area (Å²) in [6.45, 7) is 0. The van der Waals surface area contributed by atoms with Crippen molar-refractivity contribution in [1.82, 2.24) is 0 Å². The molecule has 0 aromatic heterocycles. The van der Waals surface area contributed by atoms with E-state index in [9.17, 15) is 28.0 Å². The molecule has 0 saturated carbocycles. The van der Waals surface area contributed by atoms with Crippen LogP contribution in [0.2, 0.25) is 0 Å². The number of amidine groups is 1. The average Bonchev–Trinajstić information content (AvgIpc) is 2.88. The van der Waals surface area contributed by atoms with Crippen LogP contribution in [0.4, 0.5) is 17.1 Å². The molecule has 204 valence electrons. The fourth-order valence-electron chi connectivity index (χ4n) is 2.82. The number of azo groups is 1. The number of phenolic OH excluding ortho intramolecular Hbond substituents is 1. The van der Waals surface area contributed by atoms with Gasteiger partial charge in [0.1, 0.15) is 11.4 Å². The van der Waals surface area contributed by atoms with Crippen molar-refractivity contribution >= 4 is 51.0 Å². The van der Waals surface area contributed by atoms with Gasteiger partial charge in [-0.15, -0.1) is 14.6 Å². The molecule has 0 aliphatic carbocycles. The van der Waals surface area contributed by atoms with Gasteiger partial charge in [-0.1, -0.05) is 47.1 Å². The molecule has 0 fully saturated rings. The Morgan fingerprint density at radius 2 is 1.82 bits per heavy atom. The van der Waals surface area contributed by atoms with Gasteiger partial charge in [-0.3, -0.25) is 4.55 Å². The first kappa shape index (κ1) is 30.7. The van der Waals surface area contributed by atoms with Gasteiger partial charge in [-0.05, 0) is 24.3 Å². The van der Waals surface area contributed by atoms with Crippen LogP contribution in [0, 0.1) is 0 Å². The van der Waals surface area contributed by atoms with Gasteiger partial charge < -0.3 is 26.1 Å². The van der Waals surface area contributed by atoms with Gasteiger partial charge >= 0.3 is 23.0 Å². The Morgan fingerprint density at radius 3 is 2.42 bits per heavy atom. The summed E-state index contributed by atoms with van der Waals surface area (Å²) >= 11 is 0.583. The Labute approximate surface area is 230 Å². The molecule has 0 heterocycles. The molecule has 0 bridgehead atoms. The first-order valence-electron chi connectivity index (χ1n) is 9.94. The van der Waals surface area contributed by atoms with E-state index in [-0.39, 0.29) is 45.5 Å². The normalized spacial score (nSPS) is 11.7. The molecule has 38 heavy (non-hydrogen) atoms. The molecule has 14 nitrogen and oxygen atoms in total. The number of aromatic carboxylic acids is 1. The molecular weight excluding hydrogens is 594 g/mol. The maximum absolute atomic E-state index is 11.6. The predicted octanol–water partition coefficient (Wildman–Crippen LogP) is 4.96. The van der Waals surface area contributed by atoms with Crippen LogP contribution in [-0.4, -0.2) is 47.3 Å². The van der Waals surface area contributed by atoms with Crippen molar-refractivity contribution < 1.29 is 59.7 Å². The number of hydrogen-bond acceptors (Lipinski definition) is 11. The quantitative estimate of drug-likeness (QED) is 0.0238. The Kier molecular flexibility index (Phi) is 11.2. The van der Waals surface area contributed by atoms with Crippen LogP contribution in [0.1, 0.15) is 15.9 Å². The minimum absolute atomic E-state index is 0. The summed E-state index contributed by atoms with van der Waals surface area (Å²) in [4.78, 5) is 11.4. The minimum atomic E-state index is -4.63. The summed E-state index contributed by atoms with van der Waals surface area (Å²) in [5.41, 5.74) is 3.61. The summed E-state index contributed by atoms with van der Waals surface area (Å²) < 4.78 is 37.0. The molecule has 0 amide bonds. The smallest absolute Gasteiger partial charge is 0.571 e. The molecule has 3 aromatic carbocycles. The van der Waals surface area contributed by atoms with E-state index in [1.54, 1.807) is 30.3 Å². The number of benzene rings is 3. The maximum Gasteiger partial charge on any atom is 1.00 e. The number of carboxylic acid groups (broad SMARTS) is 1. The number of aromatic hydroxyl groups is 1. The molecule has 5 N–H and O–H groups in total. The zero-order valence-corrected chi connectivity index (χ0v) is 21.6. The zero-order valence-electron chi connectivity index (χ0n) is 19.0. The second kappa shape index (κ2) is 13.8. The largest absolute Gasteiger partial charge is 1.00 e. The number of nitrogens with zero attached hydrogens (tertiary/aromatic N) is 4. The number of phenols is 1. The number of anilines is 1. The standard InChI is InChI=1S/C21H19N5O9S2.Cu/c1-22-17-10-14(37(31,32)33)11-18(19(17)27)24-26-20(12-5-3-2-4-6-12)25-23-16-9-13(36-35-34-30)7-8-15(16)21(28)29;/h2-11H,1H3,(H6,22,23,24,25,26,27,28,29,30,31,32,33);/q;+1/p-1. The summed E-state index contributed by atoms with van der Waals surface area (Å²) in [5.74, 6) is -1.88. The number of hydrogen-bond donors (Lipinski definition) is 5. The van der Waals surface area contributed by atoms with E-state index in [4.69, 9.17) is 5.26 Å². The van der Waals surface area contributed by atoms with Gasteiger partial charge in [-0.2, -0.15) is 8.42 Å². The van der Waals surface area contributed by atoms with Crippen LogP contribution >= 0.6 is 12.0 Å². The molecule has 0 aliphatic rings. The van der Waals surface area contributed by atoms with E-state index >= 15 is 0 Å². The maximum atomic E-state index is 11.6. The molecule has 0 unspecified atom stereocenters. The van der Waals surface area contributed by atoms with Gasteiger partial charge in [-0.25, -0.2) is 10.1 Å². The van der Waals surface area contributed by atoms with Crippen LogP contribution < -0.4 is 5.32 Å². The van der Waals surface area contributed by atoms with Crippen molar-refractivity contribution in [3.63, 3.8) is 0 Å². The fraction of sp³-hybridized carbons (Fsp3) is 0.0476. The molecule has 17 heteroatoms. The second-order valence-electron chi connectivity index (χ2n) is 6.86. The van der Waals surface area contributed by atoms with E-state index in [0.29, 0.717) is 22.5 Å². The van der Waals surface area contributed by atoms with Crippen LogP contribution in [0.15, 0.2) is 85.8 Å². The van der Waals surface area contributed by atoms with E-state index in [1.807, 2.05) is 0 Å². The first-order valence-corrected chi connectivity index (χ1v) is 12.1. The number of carbonyl (C=O) groups is 1. The number of carboxylic acids is 1. The van der Waals surface area contributed by atoms with Gasteiger partial charge in [0, 0.05) is 17.5 Å². The minimum Gasteiger partial charge on any atom is -0.571 e. The van der Waals surface area contributed by atoms with E-state index in [1.165, 1.54) is 25.2 Å². The van der Waals surface area contributed by atoms with Crippen molar-refractivity contribution in [2.45, 2.75) is 9.79 Å². The summed E-state index contributed by atoms with van der Waals surface area (Å²) in [6.07, 6.45) is 0.